The molecule has 0 fully saturated rings. The molecule has 2 aromatic carbocycles. The summed E-state index contributed by atoms with van der Waals surface area (Å²) in [6.45, 7) is 4.15. The number of methoxy groups -OCH3 is 1. The zero-order valence-electron chi connectivity index (χ0n) is 13.3. The highest BCUT2D eigenvalue weighted by atomic mass is 32.2. The molecule has 1 aromatic heterocycles. The van der Waals surface area contributed by atoms with Gasteiger partial charge >= 0.3 is 0 Å². The maximum Gasteiger partial charge on any atom is 0.247 e. The lowest BCUT2D eigenvalue weighted by atomic mass is 10.2. The van der Waals surface area contributed by atoms with Crippen LogP contribution >= 0.6 is 11.8 Å². The van der Waals surface area contributed by atoms with Crippen LogP contribution < -0.4 is 4.74 Å². The van der Waals surface area contributed by atoms with Crippen LogP contribution in [-0.2, 0) is 0 Å². The molecule has 0 N–H and O–H groups in total. The predicted octanol–water partition coefficient (Wildman–Crippen LogP) is 4.91. The summed E-state index contributed by atoms with van der Waals surface area (Å²) in [5.41, 5.74) is 2.14. The molecule has 4 nitrogen and oxygen atoms in total. The highest BCUT2D eigenvalue weighted by molar-refractivity contribution is 7.99. The number of benzene rings is 2. The van der Waals surface area contributed by atoms with Gasteiger partial charge in [0.2, 0.25) is 11.8 Å². The molecule has 5 heteroatoms. The molecular formula is C18H18N2O2S. The zero-order valence-corrected chi connectivity index (χ0v) is 14.1. The smallest absolute Gasteiger partial charge is 0.247 e. The highest BCUT2D eigenvalue weighted by Gasteiger charge is 2.16. The van der Waals surface area contributed by atoms with E-state index < -0.39 is 0 Å². The van der Waals surface area contributed by atoms with Crippen LogP contribution in [0.3, 0.4) is 0 Å². The van der Waals surface area contributed by atoms with Crippen LogP contribution in [0.2, 0.25) is 0 Å². The minimum atomic E-state index is 0.0946. The van der Waals surface area contributed by atoms with Crippen molar-refractivity contribution < 1.29 is 9.15 Å². The van der Waals surface area contributed by atoms with Crippen molar-refractivity contribution >= 4 is 11.8 Å². The average molecular weight is 326 g/mol. The van der Waals surface area contributed by atoms with E-state index in [-0.39, 0.29) is 5.25 Å². The van der Waals surface area contributed by atoms with Gasteiger partial charge in [0.25, 0.3) is 0 Å². The molecule has 0 bridgehead atoms. The van der Waals surface area contributed by atoms with E-state index in [9.17, 15) is 0 Å². The molecule has 3 aromatic rings. The molecule has 1 atom stereocenters. The van der Waals surface area contributed by atoms with E-state index >= 15 is 0 Å². The summed E-state index contributed by atoms with van der Waals surface area (Å²) >= 11 is 1.70. The van der Waals surface area contributed by atoms with Crippen LogP contribution in [0.15, 0.2) is 57.8 Å². The van der Waals surface area contributed by atoms with Gasteiger partial charge < -0.3 is 9.15 Å². The van der Waals surface area contributed by atoms with Crippen molar-refractivity contribution in [1.29, 1.82) is 0 Å². The summed E-state index contributed by atoms with van der Waals surface area (Å²) in [5.74, 6) is 1.96. The fourth-order valence-corrected chi connectivity index (χ4v) is 3.02. The van der Waals surface area contributed by atoms with Crippen LogP contribution in [0.1, 0.15) is 23.6 Å². The highest BCUT2D eigenvalue weighted by Crippen LogP contribution is 2.35. The average Bonchev–Trinajstić information content (AvgIpc) is 3.07. The molecule has 0 saturated heterocycles. The third kappa shape index (κ3) is 3.74. The number of hydrogen-bond donors (Lipinski definition) is 0. The fourth-order valence-electron chi connectivity index (χ4n) is 2.12. The first-order valence-electron chi connectivity index (χ1n) is 7.37. The summed E-state index contributed by atoms with van der Waals surface area (Å²) in [4.78, 5) is 1.19. The zero-order chi connectivity index (χ0) is 16.2. The van der Waals surface area contributed by atoms with Gasteiger partial charge in [-0.05, 0) is 50.2 Å². The molecular weight excluding hydrogens is 308 g/mol. The van der Waals surface area contributed by atoms with Crippen molar-refractivity contribution in [2.24, 2.45) is 0 Å². The molecule has 23 heavy (non-hydrogen) atoms. The van der Waals surface area contributed by atoms with Gasteiger partial charge in [0.1, 0.15) is 5.75 Å². The Labute approximate surface area is 139 Å². The number of hydrogen-bond acceptors (Lipinski definition) is 5. The van der Waals surface area contributed by atoms with Crippen LogP contribution in [0.25, 0.3) is 11.5 Å². The maximum atomic E-state index is 5.82. The Morgan fingerprint density at radius 1 is 1.00 bits per heavy atom. The molecule has 1 heterocycles. The first-order chi connectivity index (χ1) is 11.2. The molecule has 0 spiro atoms. The summed E-state index contributed by atoms with van der Waals surface area (Å²) in [6, 6.07) is 16.0. The molecule has 3 rings (SSSR count). The van der Waals surface area contributed by atoms with Crippen LogP contribution in [0.5, 0.6) is 5.75 Å². The van der Waals surface area contributed by atoms with Crippen molar-refractivity contribution in [3.05, 3.63) is 60.0 Å². The van der Waals surface area contributed by atoms with E-state index in [1.54, 1.807) is 18.9 Å². The number of ether oxygens (including phenoxy) is 1. The number of thioether (sulfide) groups is 1. The third-order valence-corrected chi connectivity index (χ3v) is 4.56. The van der Waals surface area contributed by atoms with Gasteiger partial charge in [0, 0.05) is 10.5 Å². The molecule has 0 radical (unpaired) electrons. The molecule has 0 aliphatic heterocycles. The van der Waals surface area contributed by atoms with E-state index in [1.165, 1.54) is 10.5 Å². The van der Waals surface area contributed by atoms with Gasteiger partial charge in [-0.3, -0.25) is 0 Å². The van der Waals surface area contributed by atoms with E-state index in [0.29, 0.717) is 11.8 Å². The van der Waals surface area contributed by atoms with Gasteiger partial charge in [-0.1, -0.05) is 17.7 Å². The van der Waals surface area contributed by atoms with Gasteiger partial charge in [0.15, 0.2) is 0 Å². The Kier molecular flexibility index (Phi) is 4.67. The predicted molar refractivity (Wildman–Crippen MR) is 91.7 cm³/mol. The van der Waals surface area contributed by atoms with E-state index in [4.69, 9.17) is 9.15 Å². The van der Waals surface area contributed by atoms with E-state index in [0.717, 1.165) is 11.3 Å². The lowest BCUT2D eigenvalue weighted by Gasteiger charge is -2.06. The minimum absolute atomic E-state index is 0.0946. The quantitative estimate of drug-likeness (QED) is 0.624. The third-order valence-electron chi connectivity index (χ3n) is 3.46. The standard InChI is InChI=1S/C18H18N2O2S/c1-12-4-10-16(11-5-12)23-13(2)17-19-20-18(22-17)14-6-8-15(21-3)9-7-14/h4-11,13H,1-3H3. The first kappa shape index (κ1) is 15.6. The molecule has 1 unspecified atom stereocenters. The van der Waals surface area contributed by atoms with E-state index in [2.05, 4.69) is 48.3 Å². The molecule has 0 aliphatic carbocycles. The number of aromatic nitrogens is 2. The Hall–Kier alpha value is -2.27. The SMILES string of the molecule is COc1ccc(-c2nnc(C(C)Sc3ccc(C)cc3)o2)cc1. The minimum Gasteiger partial charge on any atom is -0.497 e. The van der Waals surface area contributed by atoms with Crippen molar-refractivity contribution in [3.8, 4) is 17.2 Å². The monoisotopic (exact) mass is 326 g/mol. The second-order valence-corrected chi connectivity index (χ2v) is 6.66. The summed E-state index contributed by atoms with van der Waals surface area (Å²) in [6.07, 6.45) is 0. The topological polar surface area (TPSA) is 48.2 Å². The fraction of sp³-hybridized carbons (Fsp3) is 0.222. The lowest BCUT2D eigenvalue weighted by molar-refractivity contribution is 0.415. The molecule has 0 aliphatic rings. The van der Waals surface area contributed by atoms with Crippen LogP contribution in [0.4, 0.5) is 0 Å². The normalized spacial score (nSPS) is 12.1. The van der Waals surface area contributed by atoms with Crippen LogP contribution in [0, 0.1) is 6.92 Å². The van der Waals surface area contributed by atoms with Crippen molar-refractivity contribution in [3.63, 3.8) is 0 Å². The number of nitrogens with zero attached hydrogens (tertiary/aromatic N) is 2. The Balaban J connectivity index is 1.73. The van der Waals surface area contributed by atoms with Crippen molar-refractivity contribution in [1.82, 2.24) is 10.2 Å². The second kappa shape index (κ2) is 6.87. The lowest BCUT2D eigenvalue weighted by Crippen LogP contribution is -1.88. The Morgan fingerprint density at radius 3 is 2.35 bits per heavy atom. The molecule has 0 amide bonds. The second-order valence-electron chi connectivity index (χ2n) is 5.25. The number of rotatable bonds is 5. The van der Waals surface area contributed by atoms with E-state index in [1.807, 2.05) is 24.3 Å². The first-order valence-corrected chi connectivity index (χ1v) is 8.25. The van der Waals surface area contributed by atoms with Crippen molar-refractivity contribution in [2.75, 3.05) is 7.11 Å². The van der Waals surface area contributed by atoms with Crippen molar-refractivity contribution in [2.45, 2.75) is 24.0 Å². The Morgan fingerprint density at radius 2 is 1.70 bits per heavy atom. The van der Waals surface area contributed by atoms with Gasteiger partial charge in [0.05, 0.1) is 12.4 Å². The molecule has 0 saturated carbocycles. The van der Waals surface area contributed by atoms with Gasteiger partial charge in [-0.2, -0.15) is 0 Å². The Bertz CT molecular complexity index is 766. The largest absolute Gasteiger partial charge is 0.497 e. The molecule has 118 valence electrons. The van der Waals surface area contributed by atoms with Crippen LogP contribution in [-0.4, -0.2) is 17.3 Å². The number of aryl methyl sites for hydroxylation is 1. The summed E-state index contributed by atoms with van der Waals surface area (Å²) in [5, 5.41) is 8.42. The summed E-state index contributed by atoms with van der Waals surface area (Å²) in [7, 11) is 1.64. The summed E-state index contributed by atoms with van der Waals surface area (Å²) < 4.78 is 11.0. The maximum absolute atomic E-state index is 5.82. The van der Waals surface area contributed by atoms with Gasteiger partial charge in [-0.15, -0.1) is 22.0 Å². The van der Waals surface area contributed by atoms with Gasteiger partial charge in [-0.25, -0.2) is 0 Å².